The molecule has 2 aliphatic heterocycles. The van der Waals surface area contributed by atoms with Crippen LogP contribution in [0.4, 0.5) is 0 Å². The van der Waals surface area contributed by atoms with E-state index >= 15 is 0 Å². The van der Waals surface area contributed by atoms with Crippen LogP contribution in [0.5, 0.6) is 0 Å². The third-order valence-electron chi connectivity index (χ3n) is 3.44. The summed E-state index contributed by atoms with van der Waals surface area (Å²) >= 11 is 0. The molecule has 1 atom stereocenters. The minimum absolute atomic E-state index is 0.423. The van der Waals surface area contributed by atoms with Crippen LogP contribution in [0.25, 0.3) is 0 Å². The minimum Gasteiger partial charge on any atom is -0.315 e. The molecule has 3 nitrogen and oxygen atoms in total. The zero-order chi connectivity index (χ0) is 9.31. The van der Waals surface area contributed by atoms with Gasteiger partial charge >= 0.3 is 0 Å². The Labute approximate surface area is 80.9 Å². The number of hydrogen-bond acceptors (Lipinski definition) is 3. The molecule has 3 heteroatoms. The van der Waals surface area contributed by atoms with E-state index in [4.69, 9.17) is 0 Å². The van der Waals surface area contributed by atoms with Crippen LogP contribution in [0.15, 0.2) is 0 Å². The average molecular weight is 183 g/mol. The van der Waals surface area contributed by atoms with Crippen LogP contribution in [-0.2, 0) is 0 Å². The van der Waals surface area contributed by atoms with Gasteiger partial charge < -0.3 is 10.6 Å². The third kappa shape index (κ3) is 1.60. The summed E-state index contributed by atoms with van der Waals surface area (Å²) in [7, 11) is 0. The van der Waals surface area contributed by atoms with E-state index in [1.807, 2.05) is 0 Å². The maximum absolute atomic E-state index is 3.52. The van der Waals surface area contributed by atoms with Gasteiger partial charge in [-0.1, -0.05) is 0 Å². The average Bonchev–Trinajstić information content (AvgIpc) is 2.54. The normalized spacial score (nSPS) is 36.2. The van der Waals surface area contributed by atoms with Crippen molar-refractivity contribution in [1.29, 1.82) is 0 Å². The van der Waals surface area contributed by atoms with Gasteiger partial charge in [0.15, 0.2) is 0 Å². The molecular formula is C10H21N3. The van der Waals surface area contributed by atoms with Gasteiger partial charge in [-0.2, -0.15) is 0 Å². The highest BCUT2D eigenvalue weighted by Crippen LogP contribution is 2.26. The molecule has 1 unspecified atom stereocenters. The molecule has 2 heterocycles. The van der Waals surface area contributed by atoms with E-state index in [1.54, 1.807) is 0 Å². The van der Waals surface area contributed by atoms with Gasteiger partial charge in [0.1, 0.15) is 0 Å². The first-order valence-electron chi connectivity index (χ1n) is 5.43. The van der Waals surface area contributed by atoms with Crippen LogP contribution >= 0.6 is 0 Å². The van der Waals surface area contributed by atoms with E-state index in [-0.39, 0.29) is 0 Å². The highest BCUT2D eigenvalue weighted by Gasteiger charge is 2.41. The summed E-state index contributed by atoms with van der Waals surface area (Å²) in [5.41, 5.74) is 0.423. The van der Waals surface area contributed by atoms with Gasteiger partial charge in [0.2, 0.25) is 0 Å². The molecular weight excluding hydrogens is 162 g/mol. The number of nitrogens with zero attached hydrogens (tertiary/aromatic N) is 1. The maximum atomic E-state index is 3.52. The maximum Gasteiger partial charge on any atom is 0.0473 e. The fourth-order valence-corrected chi connectivity index (χ4v) is 2.79. The van der Waals surface area contributed by atoms with Crippen molar-refractivity contribution in [3.63, 3.8) is 0 Å². The molecule has 0 aromatic carbocycles. The van der Waals surface area contributed by atoms with Gasteiger partial charge in [0.25, 0.3) is 0 Å². The van der Waals surface area contributed by atoms with Gasteiger partial charge in [-0.05, 0) is 26.8 Å². The quantitative estimate of drug-likeness (QED) is 0.601. The zero-order valence-corrected chi connectivity index (χ0v) is 8.77. The largest absolute Gasteiger partial charge is 0.315 e. The van der Waals surface area contributed by atoms with E-state index in [2.05, 4.69) is 29.4 Å². The van der Waals surface area contributed by atoms with Crippen LogP contribution < -0.4 is 10.6 Å². The first kappa shape index (κ1) is 9.44. The van der Waals surface area contributed by atoms with Crippen molar-refractivity contribution in [1.82, 2.24) is 15.5 Å². The molecule has 0 aliphatic carbocycles. The Kier molecular flexibility index (Phi) is 2.58. The second-order valence-corrected chi connectivity index (χ2v) is 4.62. The molecule has 0 bridgehead atoms. The molecule has 2 N–H and O–H groups in total. The van der Waals surface area contributed by atoms with Crippen LogP contribution in [0.1, 0.15) is 20.3 Å². The van der Waals surface area contributed by atoms with Crippen LogP contribution in [0.3, 0.4) is 0 Å². The Hall–Kier alpha value is -0.120. The van der Waals surface area contributed by atoms with Crippen LogP contribution in [0.2, 0.25) is 0 Å². The van der Waals surface area contributed by atoms with Gasteiger partial charge in [-0.25, -0.2) is 0 Å². The van der Waals surface area contributed by atoms with Crippen molar-refractivity contribution in [3.8, 4) is 0 Å². The third-order valence-corrected chi connectivity index (χ3v) is 3.44. The van der Waals surface area contributed by atoms with Crippen LogP contribution in [-0.4, -0.2) is 49.2 Å². The predicted molar refractivity (Wildman–Crippen MR) is 54.9 cm³/mol. The van der Waals surface area contributed by atoms with Crippen molar-refractivity contribution in [2.75, 3.05) is 32.7 Å². The van der Waals surface area contributed by atoms with Crippen molar-refractivity contribution in [2.45, 2.75) is 31.8 Å². The van der Waals surface area contributed by atoms with Crippen molar-refractivity contribution < 1.29 is 0 Å². The summed E-state index contributed by atoms with van der Waals surface area (Å²) in [6.45, 7) is 10.5. The van der Waals surface area contributed by atoms with E-state index in [0.29, 0.717) is 11.6 Å². The second kappa shape index (κ2) is 3.56. The smallest absolute Gasteiger partial charge is 0.0473 e. The Bertz CT molecular complexity index is 173. The first-order chi connectivity index (χ1) is 6.25. The molecule has 1 spiro atoms. The predicted octanol–water partition coefficient (Wildman–Crippen LogP) is 0.0321. The monoisotopic (exact) mass is 183 g/mol. The Morgan fingerprint density at radius 2 is 1.85 bits per heavy atom. The summed E-state index contributed by atoms with van der Waals surface area (Å²) in [4.78, 5) is 2.67. The second-order valence-electron chi connectivity index (χ2n) is 4.62. The van der Waals surface area contributed by atoms with E-state index in [9.17, 15) is 0 Å². The minimum atomic E-state index is 0.423. The number of piperazine rings is 1. The molecule has 76 valence electrons. The van der Waals surface area contributed by atoms with Crippen LogP contribution in [0, 0.1) is 0 Å². The number of nitrogens with one attached hydrogen (secondary N) is 2. The fraction of sp³-hybridized carbons (Fsp3) is 1.00. The van der Waals surface area contributed by atoms with Gasteiger partial charge in [-0.3, -0.25) is 4.90 Å². The van der Waals surface area contributed by atoms with Crippen molar-refractivity contribution in [3.05, 3.63) is 0 Å². The van der Waals surface area contributed by atoms with Gasteiger partial charge in [-0.15, -0.1) is 0 Å². The Morgan fingerprint density at radius 1 is 1.15 bits per heavy atom. The molecule has 0 aromatic heterocycles. The zero-order valence-electron chi connectivity index (χ0n) is 8.77. The summed E-state index contributed by atoms with van der Waals surface area (Å²) in [5, 5.41) is 7.01. The van der Waals surface area contributed by atoms with Crippen molar-refractivity contribution >= 4 is 0 Å². The summed E-state index contributed by atoms with van der Waals surface area (Å²) in [5.74, 6) is 0. The molecule has 0 aromatic rings. The molecule has 2 rings (SSSR count). The molecule has 2 fully saturated rings. The van der Waals surface area contributed by atoms with Gasteiger partial charge in [0.05, 0.1) is 0 Å². The molecule has 13 heavy (non-hydrogen) atoms. The summed E-state index contributed by atoms with van der Waals surface area (Å²) in [6.07, 6.45) is 1.30. The lowest BCUT2D eigenvalue weighted by atomic mass is 9.92. The van der Waals surface area contributed by atoms with E-state index < -0.39 is 0 Å². The topological polar surface area (TPSA) is 27.3 Å². The Balaban J connectivity index is 2.12. The SMILES string of the molecule is CC(C)N1CCNCC12CCNC2. The highest BCUT2D eigenvalue weighted by atomic mass is 15.3. The van der Waals surface area contributed by atoms with E-state index in [1.165, 1.54) is 19.5 Å². The first-order valence-corrected chi connectivity index (χ1v) is 5.43. The lowest BCUT2D eigenvalue weighted by Gasteiger charge is -2.47. The van der Waals surface area contributed by atoms with E-state index in [0.717, 1.165) is 19.6 Å². The molecule has 2 saturated heterocycles. The standard InChI is InChI=1S/C10H21N3/c1-9(2)13-6-5-12-8-10(13)3-4-11-7-10/h9,11-12H,3-8H2,1-2H3. The lowest BCUT2D eigenvalue weighted by molar-refractivity contribution is 0.0462. The fourth-order valence-electron chi connectivity index (χ4n) is 2.79. The Morgan fingerprint density at radius 3 is 2.46 bits per heavy atom. The molecule has 2 aliphatic rings. The summed E-state index contributed by atoms with van der Waals surface area (Å²) < 4.78 is 0. The van der Waals surface area contributed by atoms with Crippen molar-refractivity contribution in [2.24, 2.45) is 0 Å². The highest BCUT2D eigenvalue weighted by molar-refractivity contribution is 5.02. The lowest BCUT2D eigenvalue weighted by Crippen LogP contribution is -2.64. The van der Waals surface area contributed by atoms with Gasteiger partial charge in [0, 0.05) is 37.8 Å². The molecule has 0 saturated carbocycles. The number of rotatable bonds is 1. The summed E-state index contributed by atoms with van der Waals surface area (Å²) in [6, 6.07) is 0.682. The molecule has 0 amide bonds. The number of hydrogen-bond donors (Lipinski definition) is 2. The molecule has 0 radical (unpaired) electrons.